The van der Waals surface area contributed by atoms with Crippen molar-refractivity contribution in [2.45, 2.75) is 18.6 Å². The number of hydrogen-bond donors (Lipinski definition) is 3. The number of nitrogens with one attached hydrogen (secondary N) is 3. The van der Waals surface area contributed by atoms with Crippen molar-refractivity contribution in [2.24, 2.45) is 0 Å². The summed E-state index contributed by atoms with van der Waals surface area (Å²) in [6.07, 6.45) is -0.847. The molecule has 0 unspecified atom stereocenters. The van der Waals surface area contributed by atoms with Crippen LogP contribution in [0.1, 0.15) is 18.0 Å². The van der Waals surface area contributed by atoms with Gasteiger partial charge in [0.1, 0.15) is 18.3 Å². The van der Waals surface area contributed by atoms with Gasteiger partial charge in [0.25, 0.3) is 5.91 Å². The summed E-state index contributed by atoms with van der Waals surface area (Å²) in [7, 11) is 4.08. The lowest BCUT2D eigenvalue weighted by Crippen LogP contribution is -3.06. The lowest BCUT2D eigenvalue weighted by Gasteiger charge is -2.26. The van der Waals surface area contributed by atoms with Gasteiger partial charge in [-0.15, -0.1) is 0 Å². The summed E-state index contributed by atoms with van der Waals surface area (Å²) in [6.45, 7) is 0.746. The maximum absolute atomic E-state index is 12.6. The molecule has 0 aliphatic carbocycles. The highest BCUT2D eigenvalue weighted by atomic mass is 16.5. The zero-order valence-corrected chi connectivity index (χ0v) is 15.0. The van der Waals surface area contributed by atoms with Crippen LogP contribution in [0.3, 0.4) is 0 Å². The molecule has 0 saturated heterocycles. The van der Waals surface area contributed by atoms with Crippen molar-refractivity contribution >= 4 is 17.5 Å². The first kappa shape index (κ1) is 17.9. The van der Waals surface area contributed by atoms with E-state index in [0.717, 1.165) is 12.1 Å². The molecule has 0 fully saturated rings. The van der Waals surface area contributed by atoms with Gasteiger partial charge in [-0.05, 0) is 17.7 Å². The van der Waals surface area contributed by atoms with Crippen molar-refractivity contribution in [2.75, 3.05) is 26.0 Å². The van der Waals surface area contributed by atoms with Crippen LogP contribution in [0, 0.1) is 0 Å². The predicted octanol–water partition coefficient (Wildman–Crippen LogP) is 0.778. The number of fused-ring (bicyclic) bond motifs is 1. The molecule has 0 aromatic heterocycles. The third-order valence-corrected chi connectivity index (χ3v) is 4.23. The second-order valence-electron chi connectivity index (χ2n) is 6.74. The number of quaternary nitrogens is 1. The van der Waals surface area contributed by atoms with E-state index in [1.165, 1.54) is 4.90 Å². The number of carbonyl (C=O) groups is 2. The predicted molar refractivity (Wildman–Crippen MR) is 99.1 cm³/mol. The smallest absolute Gasteiger partial charge is 0.266 e. The van der Waals surface area contributed by atoms with Crippen molar-refractivity contribution in [1.82, 2.24) is 5.32 Å². The number of para-hydroxylation sites is 2. The van der Waals surface area contributed by atoms with Crippen LogP contribution in [0.2, 0.25) is 0 Å². The van der Waals surface area contributed by atoms with Crippen molar-refractivity contribution in [3.63, 3.8) is 0 Å². The Kier molecular flexibility index (Phi) is 5.53. The molecule has 0 bridgehead atoms. The lowest BCUT2D eigenvalue weighted by atomic mass is 10.1. The van der Waals surface area contributed by atoms with Crippen LogP contribution in [0.15, 0.2) is 54.6 Å². The van der Waals surface area contributed by atoms with Gasteiger partial charge in [-0.2, -0.15) is 0 Å². The number of anilines is 1. The molecular formula is C20H24N3O3+. The van der Waals surface area contributed by atoms with Crippen molar-refractivity contribution in [3.8, 4) is 5.75 Å². The second-order valence-corrected chi connectivity index (χ2v) is 6.74. The molecule has 136 valence electrons. The zero-order valence-electron chi connectivity index (χ0n) is 15.0. The molecule has 3 rings (SSSR count). The van der Waals surface area contributed by atoms with E-state index in [9.17, 15) is 9.59 Å². The number of carbonyl (C=O) groups excluding carboxylic acids is 2. The highest BCUT2D eigenvalue weighted by molar-refractivity contribution is 5.99. The van der Waals surface area contributed by atoms with Gasteiger partial charge in [0, 0.05) is 0 Å². The van der Waals surface area contributed by atoms with Crippen LogP contribution in [0.4, 0.5) is 5.69 Å². The average Bonchev–Trinajstić information content (AvgIpc) is 2.62. The summed E-state index contributed by atoms with van der Waals surface area (Å²) in [5.74, 6) is 0.0789. The minimum absolute atomic E-state index is 0.0216. The van der Waals surface area contributed by atoms with E-state index in [2.05, 4.69) is 10.6 Å². The standard InChI is InChI=1S/C20H23N3O3/c1-23(2)13-16(14-8-4-3-5-9-14)21-19(24)12-18-20(25)22-15-10-6-7-11-17(15)26-18/h3-11,16,18H,12-13H2,1-2H3,(H,21,24)(H,22,25)/p+1/t16-,18+/m1/s1. The van der Waals surface area contributed by atoms with E-state index in [-0.39, 0.29) is 24.3 Å². The molecule has 0 radical (unpaired) electrons. The Morgan fingerprint density at radius 2 is 1.85 bits per heavy atom. The average molecular weight is 354 g/mol. The minimum Gasteiger partial charge on any atom is -0.478 e. The van der Waals surface area contributed by atoms with Crippen LogP contribution in [0.25, 0.3) is 0 Å². The third-order valence-electron chi connectivity index (χ3n) is 4.23. The fourth-order valence-corrected chi connectivity index (χ4v) is 2.99. The van der Waals surface area contributed by atoms with Crippen molar-refractivity contribution in [1.29, 1.82) is 0 Å². The van der Waals surface area contributed by atoms with Crippen LogP contribution in [0.5, 0.6) is 5.75 Å². The summed E-state index contributed by atoms with van der Waals surface area (Å²) < 4.78 is 5.71. The van der Waals surface area contributed by atoms with Gasteiger partial charge in [0.15, 0.2) is 6.10 Å². The number of rotatable bonds is 6. The number of benzene rings is 2. The van der Waals surface area contributed by atoms with Gasteiger partial charge in [-0.3, -0.25) is 9.59 Å². The zero-order chi connectivity index (χ0) is 18.5. The summed E-state index contributed by atoms with van der Waals surface area (Å²) >= 11 is 0. The molecule has 2 amide bonds. The van der Waals surface area contributed by atoms with E-state index in [0.29, 0.717) is 11.4 Å². The van der Waals surface area contributed by atoms with Gasteiger partial charge in [-0.1, -0.05) is 42.5 Å². The molecule has 0 spiro atoms. The fourth-order valence-electron chi connectivity index (χ4n) is 2.99. The van der Waals surface area contributed by atoms with Gasteiger partial charge >= 0.3 is 0 Å². The number of hydrogen-bond acceptors (Lipinski definition) is 3. The fraction of sp³-hybridized carbons (Fsp3) is 0.300. The molecule has 1 heterocycles. The van der Waals surface area contributed by atoms with Crippen LogP contribution in [-0.2, 0) is 9.59 Å². The van der Waals surface area contributed by atoms with Crippen molar-refractivity contribution < 1.29 is 19.2 Å². The molecule has 26 heavy (non-hydrogen) atoms. The Morgan fingerprint density at radius 1 is 1.15 bits per heavy atom. The van der Waals surface area contributed by atoms with E-state index in [1.54, 1.807) is 12.1 Å². The van der Waals surface area contributed by atoms with Crippen LogP contribution >= 0.6 is 0 Å². The molecule has 6 heteroatoms. The Labute approximate surface area is 153 Å². The summed E-state index contributed by atoms with van der Waals surface area (Å²) in [6, 6.07) is 16.9. The molecular weight excluding hydrogens is 330 g/mol. The van der Waals surface area contributed by atoms with E-state index in [1.807, 2.05) is 56.6 Å². The molecule has 0 saturated carbocycles. The Hall–Kier alpha value is -2.86. The summed E-state index contributed by atoms with van der Waals surface area (Å²) in [5.41, 5.74) is 1.67. The van der Waals surface area contributed by atoms with E-state index in [4.69, 9.17) is 4.74 Å². The van der Waals surface area contributed by atoms with Crippen molar-refractivity contribution in [3.05, 3.63) is 60.2 Å². The molecule has 6 nitrogen and oxygen atoms in total. The first-order valence-electron chi connectivity index (χ1n) is 8.73. The minimum atomic E-state index is -0.826. The topological polar surface area (TPSA) is 71.9 Å². The normalized spacial score (nSPS) is 17.0. The van der Waals surface area contributed by atoms with E-state index < -0.39 is 6.10 Å². The lowest BCUT2D eigenvalue weighted by molar-refractivity contribution is -0.860. The number of likely N-dealkylation sites (N-methyl/N-ethyl adjacent to an activating group) is 1. The first-order valence-corrected chi connectivity index (χ1v) is 8.73. The molecule has 2 atom stereocenters. The first-order chi connectivity index (χ1) is 12.5. The highest BCUT2D eigenvalue weighted by Crippen LogP contribution is 2.29. The Balaban J connectivity index is 1.66. The summed E-state index contributed by atoms with van der Waals surface area (Å²) in [5, 5.41) is 5.82. The maximum atomic E-state index is 12.6. The van der Waals surface area contributed by atoms with Gasteiger partial charge in [-0.25, -0.2) is 0 Å². The van der Waals surface area contributed by atoms with E-state index >= 15 is 0 Å². The van der Waals surface area contributed by atoms with Gasteiger partial charge in [0.05, 0.1) is 26.2 Å². The van der Waals surface area contributed by atoms with Gasteiger partial charge in [0.2, 0.25) is 5.91 Å². The SMILES string of the molecule is C[NH+](C)C[C@@H](NC(=O)C[C@@H]1Oc2ccccc2NC1=O)c1ccccc1. The molecule has 1 aliphatic heterocycles. The molecule has 2 aromatic rings. The number of ether oxygens (including phenoxy) is 1. The Bertz CT molecular complexity index is 777. The van der Waals surface area contributed by atoms with Gasteiger partial charge < -0.3 is 20.3 Å². The Morgan fingerprint density at radius 3 is 2.58 bits per heavy atom. The molecule has 1 aliphatic rings. The monoisotopic (exact) mass is 354 g/mol. The molecule has 2 aromatic carbocycles. The second kappa shape index (κ2) is 8.01. The molecule has 3 N–H and O–H groups in total. The van der Waals surface area contributed by atoms with Crippen LogP contribution in [-0.4, -0.2) is 38.6 Å². The quantitative estimate of drug-likeness (QED) is 0.718. The summed E-state index contributed by atoms with van der Waals surface area (Å²) in [4.78, 5) is 26.0. The third kappa shape index (κ3) is 4.40. The maximum Gasteiger partial charge on any atom is 0.266 e. The van der Waals surface area contributed by atoms with Crippen LogP contribution < -0.4 is 20.3 Å². The number of amides is 2. The highest BCUT2D eigenvalue weighted by Gasteiger charge is 2.30. The largest absolute Gasteiger partial charge is 0.478 e.